The minimum Gasteiger partial charge on any atom is -0.463 e. The average molecular weight is 566 g/mol. The van der Waals surface area contributed by atoms with Crippen LogP contribution in [0.25, 0.3) is 11.2 Å². The van der Waals surface area contributed by atoms with Crippen LogP contribution in [0.2, 0.25) is 0 Å². The van der Waals surface area contributed by atoms with Gasteiger partial charge in [0.25, 0.3) is 0 Å². The van der Waals surface area contributed by atoms with Crippen LogP contribution in [0.3, 0.4) is 0 Å². The maximum Gasteiger partial charge on any atom is 0.305 e. The molecule has 6 rings (SSSR count). The Morgan fingerprint density at radius 3 is 2.00 bits per heavy atom. The van der Waals surface area contributed by atoms with Crippen LogP contribution in [-0.4, -0.2) is 60.6 Å². The molecule has 214 valence electrons. The van der Waals surface area contributed by atoms with Crippen molar-refractivity contribution in [3.8, 4) is 0 Å². The van der Waals surface area contributed by atoms with Gasteiger partial charge >= 0.3 is 5.97 Å². The van der Waals surface area contributed by atoms with Crippen molar-refractivity contribution in [2.75, 3.05) is 11.9 Å². The predicted octanol–water partition coefficient (Wildman–Crippen LogP) is 3.80. The van der Waals surface area contributed by atoms with Gasteiger partial charge in [-0.3, -0.25) is 9.36 Å². The van der Waals surface area contributed by atoms with Gasteiger partial charge in [-0.25, -0.2) is 15.0 Å². The minimum absolute atomic E-state index is 0.177. The first-order valence-electron chi connectivity index (χ1n) is 13.8. The van der Waals surface area contributed by atoms with Gasteiger partial charge in [0.1, 0.15) is 36.8 Å². The Kier molecular flexibility index (Phi) is 7.66. The number of ether oxygens (including phenoxy) is 2. The number of hydrogen-bond donors (Lipinski definition) is 3. The fraction of sp³-hybridized carbons (Fsp3) is 0.250. The number of rotatable bonds is 9. The van der Waals surface area contributed by atoms with Gasteiger partial charge in [0.05, 0.1) is 6.33 Å². The van der Waals surface area contributed by atoms with Gasteiger partial charge in [-0.1, -0.05) is 97.9 Å². The highest BCUT2D eigenvalue weighted by molar-refractivity contribution is 5.84. The number of aromatic nitrogens is 4. The number of benzene rings is 3. The monoisotopic (exact) mass is 565 g/mol. The largest absolute Gasteiger partial charge is 0.463 e. The van der Waals surface area contributed by atoms with E-state index in [2.05, 4.69) is 56.7 Å². The molecule has 10 heteroatoms. The summed E-state index contributed by atoms with van der Waals surface area (Å²) in [4.78, 5) is 25.3. The molecule has 0 radical (unpaired) electrons. The maximum absolute atomic E-state index is 11.6. The predicted molar refractivity (Wildman–Crippen MR) is 155 cm³/mol. The van der Waals surface area contributed by atoms with Gasteiger partial charge in [0.2, 0.25) is 0 Å². The van der Waals surface area contributed by atoms with Crippen LogP contribution in [0.15, 0.2) is 104 Å². The molecule has 1 saturated heterocycles. The van der Waals surface area contributed by atoms with Gasteiger partial charge in [0.15, 0.2) is 23.2 Å². The van der Waals surface area contributed by atoms with Crippen LogP contribution in [0.1, 0.15) is 36.3 Å². The SMILES string of the molecule is CCC(=O)OC[C@H]1O[C@@H](n2cnc3c(NC(c4ccccc4)(c4ccccc4)c4ccccc4)ncnc32)[C@@H](O)[C@@H]1O. The number of hydrogen-bond acceptors (Lipinski definition) is 9. The number of anilines is 1. The van der Waals surface area contributed by atoms with Crippen molar-refractivity contribution in [3.05, 3.63) is 120 Å². The molecule has 0 spiro atoms. The molecule has 0 bridgehead atoms. The molecule has 1 aliphatic rings. The number of aliphatic hydroxyl groups is 2. The van der Waals surface area contributed by atoms with Crippen LogP contribution >= 0.6 is 0 Å². The summed E-state index contributed by atoms with van der Waals surface area (Å²) in [7, 11) is 0. The Hall–Kier alpha value is -4.64. The molecule has 5 aromatic rings. The van der Waals surface area contributed by atoms with Crippen molar-refractivity contribution in [2.24, 2.45) is 0 Å². The van der Waals surface area contributed by atoms with Crippen LogP contribution in [0.4, 0.5) is 5.82 Å². The zero-order valence-electron chi connectivity index (χ0n) is 22.9. The summed E-state index contributed by atoms with van der Waals surface area (Å²) in [6, 6.07) is 30.4. The van der Waals surface area contributed by atoms with Crippen molar-refractivity contribution < 1.29 is 24.5 Å². The maximum atomic E-state index is 11.6. The fourth-order valence-corrected chi connectivity index (χ4v) is 5.46. The lowest BCUT2D eigenvalue weighted by Crippen LogP contribution is -2.38. The van der Waals surface area contributed by atoms with Gasteiger partial charge in [-0.15, -0.1) is 0 Å². The zero-order valence-corrected chi connectivity index (χ0v) is 22.9. The summed E-state index contributed by atoms with van der Waals surface area (Å²) in [6.07, 6.45) is -1.34. The standard InChI is InChI=1S/C32H31N5O5/c1-2-25(38)41-18-24-27(39)28(40)31(42-24)37-20-35-26-29(33-19-34-30(26)37)36-32(21-12-6-3-7-13-21,22-14-8-4-9-15-22)23-16-10-5-11-17-23/h3-17,19-20,24,27-28,31,39-40H,2,18H2,1H3,(H,33,34,36)/t24-,27-,28+,31-/m1/s1. The third-order valence-corrected chi connectivity index (χ3v) is 7.59. The molecule has 2 aromatic heterocycles. The highest BCUT2D eigenvalue weighted by Crippen LogP contribution is 2.41. The van der Waals surface area contributed by atoms with E-state index < -0.39 is 36.0 Å². The quantitative estimate of drug-likeness (QED) is 0.180. The molecule has 3 N–H and O–H groups in total. The molecule has 0 unspecified atom stereocenters. The van der Waals surface area contributed by atoms with E-state index in [4.69, 9.17) is 9.47 Å². The van der Waals surface area contributed by atoms with Crippen LogP contribution < -0.4 is 5.32 Å². The minimum atomic E-state index is -1.30. The molecular formula is C32H31N5O5. The van der Waals surface area contributed by atoms with E-state index in [1.165, 1.54) is 12.7 Å². The summed E-state index contributed by atoms with van der Waals surface area (Å²) < 4.78 is 12.7. The first-order valence-corrected chi connectivity index (χ1v) is 13.8. The molecule has 3 heterocycles. The topological polar surface area (TPSA) is 132 Å². The van der Waals surface area contributed by atoms with Gasteiger partial charge in [-0.2, -0.15) is 0 Å². The number of fused-ring (bicyclic) bond motifs is 1. The number of nitrogens with zero attached hydrogens (tertiary/aromatic N) is 4. The Morgan fingerprint density at radius 2 is 1.45 bits per heavy atom. The normalized spacial score (nSPS) is 20.5. The van der Waals surface area contributed by atoms with Crippen LogP contribution in [0, 0.1) is 0 Å². The van der Waals surface area contributed by atoms with E-state index in [1.807, 2.05) is 54.6 Å². The molecule has 1 fully saturated rings. The third kappa shape index (κ3) is 4.89. The Balaban J connectivity index is 1.43. The number of carbonyl (C=O) groups excluding carboxylic acids is 1. The summed E-state index contributed by atoms with van der Waals surface area (Å²) in [5, 5.41) is 25.2. The van der Waals surface area contributed by atoms with E-state index in [-0.39, 0.29) is 13.0 Å². The molecular weight excluding hydrogens is 534 g/mol. The molecule has 0 saturated carbocycles. The van der Waals surface area contributed by atoms with E-state index >= 15 is 0 Å². The first kappa shape index (κ1) is 27.5. The molecule has 4 atom stereocenters. The van der Waals surface area contributed by atoms with Crippen LogP contribution in [-0.2, 0) is 19.8 Å². The molecule has 1 aliphatic heterocycles. The lowest BCUT2D eigenvalue weighted by molar-refractivity contribution is -0.149. The highest BCUT2D eigenvalue weighted by atomic mass is 16.6. The van der Waals surface area contributed by atoms with Gasteiger partial charge in [0, 0.05) is 6.42 Å². The van der Waals surface area contributed by atoms with E-state index in [1.54, 1.807) is 11.5 Å². The second-order valence-electron chi connectivity index (χ2n) is 10.1. The van der Waals surface area contributed by atoms with Gasteiger partial charge in [-0.05, 0) is 16.7 Å². The zero-order chi connectivity index (χ0) is 29.1. The first-order chi connectivity index (χ1) is 20.5. The molecule has 10 nitrogen and oxygen atoms in total. The molecule has 3 aromatic carbocycles. The Bertz CT molecular complexity index is 1550. The second kappa shape index (κ2) is 11.7. The lowest BCUT2D eigenvalue weighted by Gasteiger charge is -2.37. The molecule has 0 amide bonds. The van der Waals surface area contributed by atoms with Crippen molar-refractivity contribution in [1.29, 1.82) is 0 Å². The number of aliphatic hydroxyl groups excluding tert-OH is 2. The number of nitrogens with one attached hydrogen (secondary N) is 1. The van der Waals surface area contributed by atoms with E-state index in [0.29, 0.717) is 17.0 Å². The Labute approximate surface area is 242 Å². The summed E-state index contributed by atoms with van der Waals surface area (Å²) >= 11 is 0. The summed E-state index contributed by atoms with van der Waals surface area (Å²) in [5.41, 5.74) is 3.00. The van der Waals surface area contributed by atoms with Crippen molar-refractivity contribution >= 4 is 23.0 Å². The summed E-state index contributed by atoms with van der Waals surface area (Å²) in [5.74, 6) is 0.0516. The van der Waals surface area contributed by atoms with Crippen LogP contribution in [0.5, 0.6) is 0 Å². The highest BCUT2D eigenvalue weighted by Gasteiger charge is 2.45. The third-order valence-electron chi connectivity index (χ3n) is 7.59. The summed E-state index contributed by atoms with van der Waals surface area (Å²) in [6.45, 7) is 1.50. The molecule has 0 aliphatic carbocycles. The van der Waals surface area contributed by atoms with Crippen molar-refractivity contribution in [2.45, 2.75) is 43.4 Å². The molecule has 42 heavy (non-hydrogen) atoms. The number of esters is 1. The smallest absolute Gasteiger partial charge is 0.305 e. The Morgan fingerprint density at radius 1 is 0.881 bits per heavy atom. The van der Waals surface area contributed by atoms with Crippen molar-refractivity contribution in [3.63, 3.8) is 0 Å². The number of carbonyl (C=O) groups is 1. The fourth-order valence-electron chi connectivity index (χ4n) is 5.46. The number of imidazole rings is 1. The van der Waals surface area contributed by atoms with Gasteiger partial charge < -0.3 is 25.0 Å². The van der Waals surface area contributed by atoms with E-state index in [0.717, 1.165) is 16.7 Å². The second-order valence-corrected chi connectivity index (χ2v) is 10.1. The lowest BCUT2D eigenvalue weighted by atomic mass is 9.77. The van der Waals surface area contributed by atoms with E-state index in [9.17, 15) is 15.0 Å². The average Bonchev–Trinajstić information content (AvgIpc) is 3.60. The van der Waals surface area contributed by atoms with Crippen molar-refractivity contribution in [1.82, 2.24) is 19.5 Å².